The number of hydrogen-bond acceptors (Lipinski definition) is 1. The van der Waals surface area contributed by atoms with Gasteiger partial charge in [0.25, 0.3) is 0 Å². The Morgan fingerprint density at radius 3 is 2.87 bits per heavy atom. The molecular weight excluding hydrogens is 275 g/mol. The molecule has 15 heavy (non-hydrogen) atoms. The summed E-state index contributed by atoms with van der Waals surface area (Å²) in [6.45, 7) is 5.76. The minimum Gasteiger partial charge on any atom is -0.388 e. The predicted octanol–water partition coefficient (Wildman–Crippen LogP) is 4.49. The zero-order valence-corrected chi connectivity index (χ0v) is 11.0. The highest BCUT2D eigenvalue weighted by Crippen LogP contribution is 2.29. The molecule has 82 valence electrons. The van der Waals surface area contributed by atoms with Crippen LogP contribution in [0.5, 0.6) is 0 Å². The molecule has 0 aliphatic heterocycles. The van der Waals surface area contributed by atoms with E-state index in [1.165, 1.54) is 0 Å². The van der Waals surface area contributed by atoms with Crippen LogP contribution in [0.25, 0.3) is 0 Å². The second-order valence-electron chi connectivity index (χ2n) is 3.68. The first-order valence-corrected chi connectivity index (χ1v) is 5.95. The summed E-state index contributed by atoms with van der Waals surface area (Å²) in [4.78, 5) is 0. The fourth-order valence-corrected chi connectivity index (χ4v) is 1.93. The molecule has 0 bridgehead atoms. The standard InChI is InChI=1S/C12H14BrClO/c1-8(2)3-6-12(15)10-7-9(13)4-5-11(10)14/h4-5,7,12,15H,1,3,6H2,2H3. The van der Waals surface area contributed by atoms with Gasteiger partial charge in [0.15, 0.2) is 0 Å². The van der Waals surface area contributed by atoms with Gasteiger partial charge < -0.3 is 5.11 Å². The van der Waals surface area contributed by atoms with Crippen LogP contribution in [0.1, 0.15) is 31.4 Å². The molecule has 0 aliphatic carbocycles. The van der Waals surface area contributed by atoms with E-state index in [0.29, 0.717) is 11.4 Å². The molecule has 1 aromatic rings. The predicted molar refractivity (Wildman–Crippen MR) is 68.2 cm³/mol. The molecule has 0 heterocycles. The molecule has 0 fully saturated rings. The molecular formula is C12H14BrClO. The van der Waals surface area contributed by atoms with Crippen LogP contribution in [-0.2, 0) is 0 Å². The van der Waals surface area contributed by atoms with E-state index < -0.39 is 6.10 Å². The lowest BCUT2D eigenvalue weighted by atomic mass is 10.0. The second-order valence-corrected chi connectivity index (χ2v) is 5.00. The van der Waals surface area contributed by atoms with Crippen molar-refractivity contribution in [2.24, 2.45) is 0 Å². The van der Waals surface area contributed by atoms with Crippen LogP contribution in [0.2, 0.25) is 5.02 Å². The summed E-state index contributed by atoms with van der Waals surface area (Å²) in [5.41, 5.74) is 1.84. The van der Waals surface area contributed by atoms with Crippen molar-refractivity contribution in [1.82, 2.24) is 0 Å². The Kier molecular flexibility index (Phi) is 4.84. The summed E-state index contributed by atoms with van der Waals surface area (Å²) in [5.74, 6) is 0. The molecule has 1 N–H and O–H groups in total. The smallest absolute Gasteiger partial charge is 0.0807 e. The molecule has 1 aromatic carbocycles. The maximum Gasteiger partial charge on any atom is 0.0807 e. The monoisotopic (exact) mass is 288 g/mol. The van der Waals surface area contributed by atoms with Crippen molar-refractivity contribution in [3.8, 4) is 0 Å². The van der Waals surface area contributed by atoms with E-state index >= 15 is 0 Å². The quantitative estimate of drug-likeness (QED) is 0.810. The van der Waals surface area contributed by atoms with E-state index in [9.17, 15) is 5.11 Å². The van der Waals surface area contributed by atoms with E-state index in [-0.39, 0.29) is 0 Å². The maximum absolute atomic E-state index is 9.93. The Bertz CT molecular complexity index is 363. The lowest BCUT2D eigenvalue weighted by Crippen LogP contribution is -1.98. The SMILES string of the molecule is C=C(C)CCC(O)c1cc(Br)ccc1Cl. The van der Waals surface area contributed by atoms with Crippen LogP contribution in [0.15, 0.2) is 34.8 Å². The van der Waals surface area contributed by atoms with Gasteiger partial charge in [-0.3, -0.25) is 0 Å². The van der Waals surface area contributed by atoms with Crippen LogP contribution < -0.4 is 0 Å². The molecule has 1 unspecified atom stereocenters. The van der Waals surface area contributed by atoms with Crippen LogP contribution in [-0.4, -0.2) is 5.11 Å². The Labute approximate surface area is 104 Å². The molecule has 0 aromatic heterocycles. The molecule has 1 rings (SSSR count). The van der Waals surface area contributed by atoms with Crippen LogP contribution >= 0.6 is 27.5 Å². The van der Waals surface area contributed by atoms with Gasteiger partial charge in [-0.1, -0.05) is 33.1 Å². The Hall–Kier alpha value is -0.310. The molecule has 1 nitrogen and oxygen atoms in total. The van der Waals surface area contributed by atoms with Gasteiger partial charge in [0, 0.05) is 15.1 Å². The van der Waals surface area contributed by atoms with Gasteiger partial charge in [0.1, 0.15) is 0 Å². The molecule has 0 radical (unpaired) electrons. The fraction of sp³-hybridized carbons (Fsp3) is 0.333. The van der Waals surface area contributed by atoms with E-state index in [2.05, 4.69) is 22.5 Å². The highest BCUT2D eigenvalue weighted by atomic mass is 79.9. The average Bonchev–Trinajstić information content (AvgIpc) is 2.18. The largest absolute Gasteiger partial charge is 0.388 e. The first-order chi connectivity index (χ1) is 7.00. The van der Waals surface area contributed by atoms with Crippen molar-refractivity contribution in [2.45, 2.75) is 25.9 Å². The highest BCUT2D eigenvalue weighted by Gasteiger charge is 2.11. The van der Waals surface area contributed by atoms with Gasteiger partial charge in [-0.05, 0) is 38.0 Å². The van der Waals surface area contributed by atoms with E-state index in [4.69, 9.17) is 11.6 Å². The van der Waals surface area contributed by atoms with Crippen molar-refractivity contribution < 1.29 is 5.11 Å². The van der Waals surface area contributed by atoms with E-state index in [0.717, 1.165) is 22.0 Å². The molecule has 0 spiro atoms. The zero-order valence-electron chi connectivity index (χ0n) is 8.63. The number of aliphatic hydroxyl groups is 1. The van der Waals surface area contributed by atoms with Crippen LogP contribution in [0.4, 0.5) is 0 Å². The number of benzene rings is 1. The van der Waals surface area contributed by atoms with Crippen molar-refractivity contribution in [3.63, 3.8) is 0 Å². The molecule has 0 amide bonds. The average molecular weight is 290 g/mol. The second kappa shape index (κ2) is 5.69. The van der Waals surface area contributed by atoms with Gasteiger partial charge in [-0.25, -0.2) is 0 Å². The number of aliphatic hydroxyl groups excluding tert-OH is 1. The number of rotatable bonds is 4. The molecule has 0 saturated heterocycles. The summed E-state index contributed by atoms with van der Waals surface area (Å²) >= 11 is 9.36. The van der Waals surface area contributed by atoms with E-state index in [1.807, 2.05) is 19.1 Å². The summed E-state index contributed by atoms with van der Waals surface area (Å²) < 4.78 is 0.927. The molecule has 3 heteroatoms. The summed E-state index contributed by atoms with van der Waals surface area (Å²) in [5, 5.41) is 10.5. The first-order valence-electron chi connectivity index (χ1n) is 4.78. The molecule has 0 saturated carbocycles. The van der Waals surface area contributed by atoms with Crippen LogP contribution in [0.3, 0.4) is 0 Å². The first kappa shape index (κ1) is 12.8. The number of hydrogen-bond donors (Lipinski definition) is 1. The van der Waals surface area contributed by atoms with Gasteiger partial charge in [-0.15, -0.1) is 6.58 Å². The molecule has 0 aliphatic rings. The van der Waals surface area contributed by atoms with Gasteiger partial charge in [0.05, 0.1) is 6.10 Å². The summed E-state index contributed by atoms with van der Waals surface area (Å²) in [6, 6.07) is 5.49. The third-order valence-corrected chi connectivity index (χ3v) is 3.00. The topological polar surface area (TPSA) is 20.2 Å². The third kappa shape index (κ3) is 3.98. The Morgan fingerprint density at radius 2 is 2.27 bits per heavy atom. The summed E-state index contributed by atoms with van der Waals surface area (Å²) in [6.07, 6.45) is 0.946. The third-order valence-electron chi connectivity index (χ3n) is 2.16. The zero-order chi connectivity index (χ0) is 11.4. The minimum absolute atomic E-state index is 0.522. The van der Waals surface area contributed by atoms with Crippen molar-refractivity contribution in [1.29, 1.82) is 0 Å². The number of allylic oxidation sites excluding steroid dienone is 1. The normalized spacial score (nSPS) is 12.5. The van der Waals surface area contributed by atoms with E-state index in [1.54, 1.807) is 6.07 Å². The van der Waals surface area contributed by atoms with Crippen molar-refractivity contribution in [2.75, 3.05) is 0 Å². The van der Waals surface area contributed by atoms with Crippen molar-refractivity contribution >= 4 is 27.5 Å². The van der Waals surface area contributed by atoms with Gasteiger partial charge in [-0.2, -0.15) is 0 Å². The highest BCUT2D eigenvalue weighted by molar-refractivity contribution is 9.10. The van der Waals surface area contributed by atoms with Gasteiger partial charge in [0.2, 0.25) is 0 Å². The lowest BCUT2D eigenvalue weighted by molar-refractivity contribution is 0.168. The molecule has 1 atom stereocenters. The minimum atomic E-state index is -0.522. The van der Waals surface area contributed by atoms with Gasteiger partial charge >= 0.3 is 0 Å². The number of halogens is 2. The maximum atomic E-state index is 9.93. The Balaban J connectivity index is 2.76. The van der Waals surface area contributed by atoms with Crippen LogP contribution in [0, 0.1) is 0 Å². The fourth-order valence-electron chi connectivity index (χ4n) is 1.31. The summed E-state index contributed by atoms with van der Waals surface area (Å²) in [7, 11) is 0. The van der Waals surface area contributed by atoms with Crippen molar-refractivity contribution in [3.05, 3.63) is 45.4 Å². The Morgan fingerprint density at radius 1 is 1.60 bits per heavy atom. The lowest BCUT2D eigenvalue weighted by Gasteiger charge is -2.12.